The van der Waals surface area contributed by atoms with E-state index >= 15 is 0 Å². The average molecular weight is 527 g/mol. The molecule has 0 amide bonds. The van der Waals surface area contributed by atoms with E-state index < -0.39 is 64.3 Å². The molecule has 9 atom stereocenters. The molecule has 206 valence electrons. The monoisotopic (exact) mass is 526 g/mol. The van der Waals surface area contributed by atoms with Gasteiger partial charge in [-0.05, 0) is 44.4 Å². The van der Waals surface area contributed by atoms with Crippen LogP contribution in [0.1, 0.15) is 70.7 Å². The Kier molecular flexibility index (Phi) is 6.60. The molecule has 0 radical (unpaired) electrons. The minimum Gasteiger partial charge on any atom is -0.461 e. The molecule has 0 aromatic heterocycles. The number of ether oxygens (including phenoxy) is 3. The maximum Gasteiger partial charge on any atom is 0.338 e. The number of aliphatic hydroxyl groups is 2. The van der Waals surface area contributed by atoms with Crippen molar-refractivity contribution in [2.45, 2.75) is 90.3 Å². The molecule has 1 heterocycles. The van der Waals surface area contributed by atoms with Crippen LogP contribution in [0.2, 0.25) is 0 Å². The van der Waals surface area contributed by atoms with Crippen LogP contribution in [-0.2, 0) is 23.8 Å². The average Bonchev–Trinajstić information content (AvgIpc) is 2.90. The number of ketones is 1. The molecule has 8 unspecified atom stereocenters. The summed E-state index contributed by atoms with van der Waals surface area (Å²) in [5.41, 5.74) is -2.04. The number of carbonyl (C=O) groups is 3. The predicted molar refractivity (Wildman–Crippen MR) is 137 cm³/mol. The number of fused-ring (bicyclic) bond motifs is 5. The van der Waals surface area contributed by atoms with Crippen LogP contribution in [0, 0.1) is 22.7 Å². The SMILES string of the molecule is CCC(=O)OC1CC2OCC2(C)C2[C@H](OC(=O)c3ccccc3)C3(O)CCC(C)=C(C(O)C(=O)C12C)C3C. The van der Waals surface area contributed by atoms with E-state index in [9.17, 15) is 24.6 Å². The van der Waals surface area contributed by atoms with Crippen molar-refractivity contribution in [3.8, 4) is 0 Å². The Labute approximate surface area is 223 Å². The van der Waals surface area contributed by atoms with Gasteiger partial charge in [0, 0.05) is 30.1 Å². The summed E-state index contributed by atoms with van der Waals surface area (Å²) in [6, 6.07) is 8.56. The molecule has 1 aromatic rings. The van der Waals surface area contributed by atoms with E-state index in [4.69, 9.17) is 14.2 Å². The second-order valence-corrected chi connectivity index (χ2v) is 12.0. The molecular formula is C30H38O8. The van der Waals surface area contributed by atoms with Gasteiger partial charge in [0.2, 0.25) is 0 Å². The summed E-state index contributed by atoms with van der Waals surface area (Å²) in [5.74, 6) is -2.97. The van der Waals surface area contributed by atoms with Gasteiger partial charge in [-0.15, -0.1) is 0 Å². The number of allylic oxidation sites excluding steroid dienone is 1. The van der Waals surface area contributed by atoms with E-state index in [0.717, 1.165) is 5.57 Å². The largest absolute Gasteiger partial charge is 0.461 e. The summed E-state index contributed by atoms with van der Waals surface area (Å²) < 4.78 is 18.1. The van der Waals surface area contributed by atoms with Gasteiger partial charge in [-0.2, -0.15) is 0 Å². The van der Waals surface area contributed by atoms with Gasteiger partial charge in [-0.25, -0.2) is 4.79 Å². The fourth-order valence-electron chi connectivity index (χ4n) is 7.70. The number of carbonyl (C=O) groups excluding carboxylic acids is 3. The molecule has 1 aromatic carbocycles. The van der Waals surface area contributed by atoms with E-state index in [0.29, 0.717) is 30.6 Å². The zero-order chi connectivity index (χ0) is 27.6. The van der Waals surface area contributed by atoms with Gasteiger partial charge in [0.25, 0.3) is 0 Å². The zero-order valence-electron chi connectivity index (χ0n) is 22.7. The fourth-order valence-corrected chi connectivity index (χ4v) is 7.70. The van der Waals surface area contributed by atoms with Crippen molar-refractivity contribution in [3.63, 3.8) is 0 Å². The highest BCUT2D eigenvalue weighted by atomic mass is 16.6. The van der Waals surface area contributed by atoms with Crippen molar-refractivity contribution in [1.82, 2.24) is 0 Å². The Morgan fingerprint density at radius 2 is 1.84 bits per heavy atom. The van der Waals surface area contributed by atoms with Crippen molar-refractivity contribution < 1.29 is 38.8 Å². The van der Waals surface area contributed by atoms with E-state index in [2.05, 4.69) is 0 Å². The van der Waals surface area contributed by atoms with Gasteiger partial charge in [0.05, 0.1) is 23.7 Å². The maximum absolute atomic E-state index is 14.4. The zero-order valence-corrected chi connectivity index (χ0v) is 22.7. The van der Waals surface area contributed by atoms with Crippen molar-refractivity contribution in [2.24, 2.45) is 22.7 Å². The number of esters is 2. The van der Waals surface area contributed by atoms with Crippen LogP contribution in [-0.4, -0.2) is 64.6 Å². The lowest BCUT2D eigenvalue weighted by molar-refractivity contribution is -0.308. The fraction of sp³-hybridized carbons (Fsp3) is 0.633. The molecule has 8 nitrogen and oxygen atoms in total. The Balaban J connectivity index is 1.73. The van der Waals surface area contributed by atoms with Crippen LogP contribution in [0.25, 0.3) is 0 Å². The minimum atomic E-state index is -1.56. The highest BCUT2D eigenvalue weighted by Gasteiger charge is 2.73. The molecule has 4 aliphatic rings. The van der Waals surface area contributed by atoms with Gasteiger partial charge >= 0.3 is 11.9 Å². The van der Waals surface area contributed by atoms with Crippen LogP contribution in [0.3, 0.4) is 0 Å². The van der Waals surface area contributed by atoms with Crippen molar-refractivity contribution >= 4 is 17.7 Å². The third-order valence-electron chi connectivity index (χ3n) is 10.1. The Morgan fingerprint density at radius 1 is 1.16 bits per heavy atom. The van der Waals surface area contributed by atoms with Crippen molar-refractivity contribution in [2.75, 3.05) is 6.61 Å². The summed E-state index contributed by atoms with van der Waals surface area (Å²) in [4.78, 5) is 40.5. The Bertz CT molecular complexity index is 1180. The predicted octanol–water partition coefficient (Wildman–Crippen LogP) is 3.39. The first-order valence-corrected chi connectivity index (χ1v) is 13.6. The summed E-state index contributed by atoms with van der Waals surface area (Å²) in [6.07, 6.45) is -2.73. The first kappa shape index (κ1) is 27.0. The molecule has 5 rings (SSSR count). The van der Waals surface area contributed by atoms with Crippen molar-refractivity contribution in [3.05, 3.63) is 47.0 Å². The molecule has 8 heteroatoms. The topological polar surface area (TPSA) is 119 Å². The van der Waals surface area contributed by atoms with E-state index in [1.165, 1.54) is 0 Å². The maximum atomic E-state index is 14.4. The summed E-state index contributed by atoms with van der Waals surface area (Å²) in [5, 5.41) is 24.0. The molecular weight excluding hydrogens is 488 g/mol. The molecule has 2 saturated carbocycles. The Hall–Kier alpha value is -2.55. The molecule has 1 aliphatic heterocycles. The first-order chi connectivity index (χ1) is 17.9. The number of rotatable bonds is 4. The Morgan fingerprint density at radius 3 is 2.45 bits per heavy atom. The third kappa shape index (κ3) is 3.71. The van der Waals surface area contributed by atoms with E-state index in [1.807, 2.05) is 13.8 Å². The van der Waals surface area contributed by atoms with Crippen LogP contribution >= 0.6 is 0 Å². The van der Waals surface area contributed by atoms with Crippen LogP contribution in [0.4, 0.5) is 0 Å². The molecule has 2 bridgehead atoms. The van der Waals surface area contributed by atoms with E-state index in [1.54, 1.807) is 51.1 Å². The first-order valence-electron chi connectivity index (χ1n) is 13.6. The molecule has 0 spiro atoms. The second-order valence-electron chi connectivity index (χ2n) is 12.0. The number of aliphatic hydroxyl groups excluding tert-OH is 1. The van der Waals surface area contributed by atoms with Crippen LogP contribution in [0.5, 0.6) is 0 Å². The molecule has 3 fully saturated rings. The lowest BCUT2D eigenvalue weighted by atomic mass is 9.44. The standard InChI is InChI=1S/C30H38O8/c1-6-21(31)37-20-14-19-28(4,15-36-19)24-26(38-27(34)18-10-8-7-9-11-18)30(35)13-12-16(2)22(17(30)3)23(32)25(33)29(20,24)5/h7-11,17,19-20,23-24,26,32,35H,6,12-15H2,1-5H3/t17?,19?,20?,23?,24?,26-,28?,29?,30?/m0/s1. The lowest BCUT2D eigenvalue weighted by Gasteiger charge is -2.66. The van der Waals surface area contributed by atoms with Gasteiger partial charge in [-0.3, -0.25) is 9.59 Å². The number of benzene rings is 1. The molecule has 38 heavy (non-hydrogen) atoms. The van der Waals surface area contributed by atoms with Crippen LogP contribution < -0.4 is 0 Å². The number of hydrogen-bond donors (Lipinski definition) is 2. The molecule has 1 saturated heterocycles. The third-order valence-corrected chi connectivity index (χ3v) is 10.1. The quantitative estimate of drug-likeness (QED) is 0.453. The highest BCUT2D eigenvalue weighted by Crippen LogP contribution is 2.64. The number of hydrogen-bond acceptors (Lipinski definition) is 8. The van der Waals surface area contributed by atoms with Gasteiger partial charge in [0.1, 0.15) is 23.9 Å². The smallest absolute Gasteiger partial charge is 0.338 e. The second kappa shape index (κ2) is 9.28. The summed E-state index contributed by atoms with van der Waals surface area (Å²) in [7, 11) is 0. The minimum absolute atomic E-state index is 0.119. The van der Waals surface area contributed by atoms with Gasteiger partial charge in [0.15, 0.2) is 5.78 Å². The van der Waals surface area contributed by atoms with Gasteiger partial charge < -0.3 is 24.4 Å². The highest BCUT2D eigenvalue weighted by molar-refractivity contribution is 5.94. The van der Waals surface area contributed by atoms with Crippen LogP contribution in [0.15, 0.2) is 41.5 Å². The molecule has 3 aliphatic carbocycles. The van der Waals surface area contributed by atoms with Crippen molar-refractivity contribution in [1.29, 1.82) is 0 Å². The summed E-state index contributed by atoms with van der Waals surface area (Å²) >= 11 is 0. The summed E-state index contributed by atoms with van der Waals surface area (Å²) in [6.45, 7) is 9.30. The normalized spacial score (nSPS) is 42.1. The number of Topliss-reactive ketones (excluding diaryl/α,β-unsaturated/α-hetero) is 1. The molecule has 2 N–H and O–H groups in total. The van der Waals surface area contributed by atoms with E-state index in [-0.39, 0.29) is 18.9 Å². The van der Waals surface area contributed by atoms with Gasteiger partial charge in [-0.1, -0.05) is 44.5 Å². The lowest BCUT2D eigenvalue weighted by Crippen LogP contribution is -2.76.